The van der Waals surface area contributed by atoms with E-state index in [4.69, 9.17) is 0 Å². The summed E-state index contributed by atoms with van der Waals surface area (Å²) < 4.78 is 0. The molecule has 0 amide bonds. The van der Waals surface area contributed by atoms with Crippen LogP contribution in [0.3, 0.4) is 0 Å². The number of anilines is 6. The monoisotopic (exact) mass is 814 g/mol. The Morgan fingerprint density at radius 2 is 0.469 bits per heavy atom. The molecule has 0 spiro atoms. The summed E-state index contributed by atoms with van der Waals surface area (Å²) in [5.74, 6) is 0. The van der Waals surface area contributed by atoms with E-state index >= 15 is 0 Å². The molecule has 300 valence electrons. The molecule has 0 radical (unpaired) electrons. The van der Waals surface area contributed by atoms with Crippen molar-refractivity contribution in [1.82, 2.24) is 0 Å². The van der Waals surface area contributed by atoms with Crippen molar-refractivity contribution in [2.45, 2.75) is 0 Å². The number of rotatable bonds is 8. The van der Waals surface area contributed by atoms with E-state index in [0.29, 0.717) is 0 Å². The van der Waals surface area contributed by atoms with Gasteiger partial charge in [0.05, 0.1) is 11.4 Å². The van der Waals surface area contributed by atoms with E-state index in [9.17, 15) is 0 Å². The van der Waals surface area contributed by atoms with Crippen molar-refractivity contribution in [3.8, 4) is 22.3 Å². The molecule has 0 heterocycles. The lowest BCUT2D eigenvalue weighted by molar-refractivity contribution is 1.30. The maximum absolute atomic E-state index is 2.43. The number of benzene rings is 12. The minimum Gasteiger partial charge on any atom is -0.310 e. The lowest BCUT2D eigenvalue weighted by atomic mass is 9.81. The first-order valence-corrected chi connectivity index (χ1v) is 22.0. The van der Waals surface area contributed by atoms with E-state index < -0.39 is 0 Å². The summed E-state index contributed by atoms with van der Waals surface area (Å²) in [4.78, 5) is 4.81. The van der Waals surface area contributed by atoms with Crippen LogP contribution >= 0.6 is 0 Å². The summed E-state index contributed by atoms with van der Waals surface area (Å²) in [6.07, 6.45) is 0. The minimum atomic E-state index is 1.12. The van der Waals surface area contributed by atoms with Gasteiger partial charge in [-0.2, -0.15) is 0 Å². The van der Waals surface area contributed by atoms with Crippen LogP contribution < -0.4 is 9.80 Å². The van der Waals surface area contributed by atoms with E-state index in [0.717, 1.165) is 28.4 Å². The zero-order valence-electron chi connectivity index (χ0n) is 35.1. The molecule has 0 aliphatic rings. The van der Waals surface area contributed by atoms with Crippen molar-refractivity contribution in [1.29, 1.82) is 0 Å². The third kappa shape index (κ3) is 6.11. The van der Waals surface area contributed by atoms with Gasteiger partial charge in [0, 0.05) is 38.9 Å². The first-order chi connectivity index (χ1) is 31.8. The average molecular weight is 815 g/mol. The third-order valence-corrected chi connectivity index (χ3v) is 12.8. The Kier molecular flexibility index (Phi) is 9.20. The highest BCUT2D eigenvalue weighted by molar-refractivity contribution is 6.31. The molecule has 0 bridgehead atoms. The number of hydrogen-bond donors (Lipinski definition) is 0. The Bertz CT molecular complexity index is 3470. The van der Waals surface area contributed by atoms with Gasteiger partial charge in [-0.1, -0.05) is 200 Å². The second-order valence-corrected chi connectivity index (χ2v) is 16.3. The van der Waals surface area contributed by atoms with Crippen LogP contribution in [0, 0.1) is 0 Å². The normalized spacial score (nSPS) is 11.4. The lowest BCUT2D eigenvalue weighted by Gasteiger charge is -2.30. The van der Waals surface area contributed by atoms with Crippen LogP contribution in [-0.2, 0) is 0 Å². The Morgan fingerprint density at radius 3 is 0.859 bits per heavy atom. The largest absolute Gasteiger partial charge is 0.310 e. The third-order valence-electron chi connectivity index (χ3n) is 12.8. The average Bonchev–Trinajstić information content (AvgIpc) is 3.37. The molecule has 12 aromatic rings. The van der Waals surface area contributed by atoms with Gasteiger partial charge in [0.15, 0.2) is 0 Å². The van der Waals surface area contributed by atoms with Crippen LogP contribution in [0.15, 0.2) is 255 Å². The SMILES string of the molecule is c1ccc(N(c2ccccc2)c2ccc(-c3c4ccccc4c(-c4c5ccccc5c(N(c5ccccc5)c5ccccc5)c5ccccc45)c4ccccc34)c3ccccc23)cc1. The molecular formula is C62H42N2. The van der Waals surface area contributed by atoms with Gasteiger partial charge in [-0.15, -0.1) is 0 Å². The van der Waals surface area contributed by atoms with Crippen molar-refractivity contribution >= 4 is 88.0 Å². The standard InChI is InChI=1S/C62H42N2/c1-5-23-43(24-6-1)63(44-25-7-2-8-26-44)58-42-41-55(47-31-13-14-32-48(47)58)59-49-33-15-17-35-51(49)60(52-36-18-16-34-50(52)59)61-53-37-19-21-39-56(53)62(57-40-22-20-38-54(57)61)64(45-27-9-3-10-28-45)46-29-11-4-12-30-46/h1-42H. The van der Waals surface area contributed by atoms with Crippen molar-refractivity contribution in [3.05, 3.63) is 255 Å². The van der Waals surface area contributed by atoms with E-state index in [1.807, 2.05) is 0 Å². The van der Waals surface area contributed by atoms with Gasteiger partial charge in [0.25, 0.3) is 0 Å². The number of nitrogens with zero attached hydrogens (tertiary/aromatic N) is 2. The van der Waals surface area contributed by atoms with Gasteiger partial charge in [-0.3, -0.25) is 0 Å². The number of para-hydroxylation sites is 4. The van der Waals surface area contributed by atoms with Crippen molar-refractivity contribution < 1.29 is 0 Å². The van der Waals surface area contributed by atoms with Crippen LogP contribution in [0.25, 0.3) is 76.1 Å². The fourth-order valence-corrected chi connectivity index (χ4v) is 10.1. The molecule has 64 heavy (non-hydrogen) atoms. The molecule has 0 unspecified atom stereocenters. The summed E-state index contributed by atoms with van der Waals surface area (Å²) in [5, 5.41) is 12.1. The van der Waals surface area contributed by atoms with Crippen LogP contribution in [0.4, 0.5) is 34.1 Å². The Balaban J connectivity index is 1.16. The van der Waals surface area contributed by atoms with Gasteiger partial charge >= 0.3 is 0 Å². The van der Waals surface area contributed by atoms with Gasteiger partial charge in [0.2, 0.25) is 0 Å². The summed E-state index contributed by atoms with van der Waals surface area (Å²) in [6.45, 7) is 0. The first-order valence-electron chi connectivity index (χ1n) is 22.0. The Morgan fingerprint density at radius 1 is 0.188 bits per heavy atom. The second-order valence-electron chi connectivity index (χ2n) is 16.3. The summed E-state index contributed by atoms with van der Waals surface area (Å²) in [6, 6.07) is 92.7. The molecule has 0 aromatic heterocycles. The molecular weight excluding hydrogens is 773 g/mol. The van der Waals surface area contributed by atoms with E-state index in [2.05, 4.69) is 265 Å². The zero-order valence-corrected chi connectivity index (χ0v) is 35.1. The molecule has 0 aliphatic carbocycles. The van der Waals surface area contributed by atoms with Crippen LogP contribution in [0.2, 0.25) is 0 Å². The molecule has 12 aromatic carbocycles. The van der Waals surface area contributed by atoms with Gasteiger partial charge in [-0.25, -0.2) is 0 Å². The molecule has 2 nitrogen and oxygen atoms in total. The highest BCUT2D eigenvalue weighted by Crippen LogP contribution is 2.53. The maximum Gasteiger partial charge on any atom is 0.0618 e. The molecule has 0 fully saturated rings. The van der Waals surface area contributed by atoms with E-state index in [1.54, 1.807) is 0 Å². The quantitative estimate of drug-likeness (QED) is 0.141. The zero-order chi connectivity index (χ0) is 42.4. The van der Waals surface area contributed by atoms with Crippen LogP contribution in [-0.4, -0.2) is 0 Å². The Labute approximate surface area is 373 Å². The van der Waals surface area contributed by atoms with Crippen molar-refractivity contribution in [3.63, 3.8) is 0 Å². The molecule has 0 atom stereocenters. The van der Waals surface area contributed by atoms with Gasteiger partial charge < -0.3 is 9.80 Å². The Hall–Kier alpha value is -8.46. The van der Waals surface area contributed by atoms with Crippen LogP contribution in [0.5, 0.6) is 0 Å². The molecule has 0 aliphatic heterocycles. The predicted octanol–water partition coefficient (Wildman–Crippen LogP) is 17.7. The molecule has 2 heteroatoms. The topological polar surface area (TPSA) is 6.48 Å². The highest BCUT2D eigenvalue weighted by Gasteiger charge is 2.26. The summed E-state index contributed by atoms with van der Waals surface area (Å²) >= 11 is 0. The van der Waals surface area contributed by atoms with E-state index in [-0.39, 0.29) is 0 Å². The smallest absolute Gasteiger partial charge is 0.0618 e. The molecule has 12 rings (SSSR count). The van der Waals surface area contributed by atoms with Crippen molar-refractivity contribution in [2.24, 2.45) is 0 Å². The van der Waals surface area contributed by atoms with E-state index in [1.165, 1.54) is 81.8 Å². The van der Waals surface area contributed by atoms with Crippen molar-refractivity contribution in [2.75, 3.05) is 9.80 Å². The predicted molar refractivity (Wildman–Crippen MR) is 274 cm³/mol. The van der Waals surface area contributed by atoms with Crippen LogP contribution in [0.1, 0.15) is 0 Å². The lowest BCUT2D eigenvalue weighted by Crippen LogP contribution is -2.11. The molecule has 0 saturated heterocycles. The highest BCUT2D eigenvalue weighted by atomic mass is 15.1. The summed E-state index contributed by atoms with van der Waals surface area (Å²) in [5.41, 5.74) is 11.7. The fourth-order valence-electron chi connectivity index (χ4n) is 10.1. The molecule has 0 saturated carbocycles. The fraction of sp³-hybridized carbons (Fsp3) is 0. The van der Waals surface area contributed by atoms with Gasteiger partial charge in [-0.05, 0) is 115 Å². The second kappa shape index (κ2) is 15.8. The molecule has 0 N–H and O–H groups in total. The first kappa shape index (κ1) is 37.3. The minimum absolute atomic E-state index is 1.12. The van der Waals surface area contributed by atoms with Gasteiger partial charge in [0.1, 0.15) is 0 Å². The summed E-state index contributed by atoms with van der Waals surface area (Å²) in [7, 11) is 0. The maximum atomic E-state index is 2.43. The number of fused-ring (bicyclic) bond motifs is 5. The number of hydrogen-bond acceptors (Lipinski definition) is 2.